The minimum atomic E-state index is 0.00938. The monoisotopic (exact) mass is 307 g/mol. The second kappa shape index (κ2) is 6.41. The highest BCUT2D eigenvalue weighted by Crippen LogP contribution is 2.18. The lowest BCUT2D eigenvalue weighted by molar-refractivity contribution is 0.0621. The Morgan fingerprint density at radius 1 is 1.33 bits per heavy atom. The first-order valence-corrected chi connectivity index (χ1v) is 7.43. The van der Waals surface area contributed by atoms with Crippen LogP contribution in [0.4, 0.5) is 0 Å². The van der Waals surface area contributed by atoms with E-state index in [-0.39, 0.29) is 17.7 Å². The number of aromatic hydroxyl groups is 1. The van der Waals surface area contributed by atoms with Gasteiger partial charge in [0.15, 0.2) is 0 Å². The van der Waals surface area contributed by atoms with E-state index in [1.165, 1.54) is 0 Å². The average molecular weight is 307 g/mol. The number of amides is 1. The van der Waals surface area contributed by atoms with Crippen LogP contribution >= 0.6 is 12.2 Å². The van der Waals surface area contributed by atoms with Crippen LogP contribution in [-0.2, 0) is 0 Å². The van der Waals surface area contributed by atoms with Gasteiger partial charge in [-0.05, 0) is 37.6 Å². The van der Waals surface area contributed by atoms with Crippen molar-refractivity contribution in [3.05, 3.63) is 29.3 Å². The van der Waals surface area contributed by atoms with Gasteiger partial charge in [0.2, 0.25) is 0 Å². The number of carbonyl (C=O) groups is 1. The lowest BCUT2D eigenvalue weighted by Gasteiger charge is -2.37. The van der Waals surface area contributed by atoms with Gasteiger partial charge in [0.1, 0.15) is 5.75 Å². The molecule has 1 amide bonds. The molecule has 0 saturated carbocycles. The molecule has 0 radical (unpaired) electrons. The number of benzene rings is 1. The van der Waals surface area contributed by atoms with Crippen molar-refractivity contribution >= 4 is 23.1 Å². The van der Waals surface area contributed by atoms with Crippen molar-refractivity contribution in [1.29, 1.82) is 0 Å². The van der Waals surface area contributed by atoms with E-state index in [9.17, 15) is 9.90 Å². The molecule has 3 N–H and O–H groups in total. The normalized spacial score (nSPS) is 17.5. The third-order valence-electron chi connectivity index (χ3n) is 4.00. The maximum Gasteiger partial charge on any atom is 0.254 e. The first kappa shape index (κ1) is 15.7. The molecule has 1 heterocycles. The van der Waals surface area contributed by atoms with Crippen LogP contribution < -0.4 is 5.73 Å². The van der Waals surface area contributed by atoms with Crippen molar-refractivity contribution in [2.45, 2.75) is 19.9 Å². The third-order valence-corrected chi connectivity index (χ3v) is 4.34. The van der Waals surface area contributed by atoms with E-state index in [0.29, 0.717) is 23.6 Å². The molecule has 1 aliphatic rings. The quantitative estimate of drug-likeness (QED) is 0.819. The fourth-order valence-electron chi connectivity index (χ4n) is 2.55. The van der Waals surface area contributed by atoms with E-state index in [2.05, 4.69) is 4.90 Å². The molecule has 1 aromatic carbocycles. The SMILES string of the molecule is Cc1cc(O)ccc1C(=O)N1CCN(C(C)C(N)=S)CC1. The number of hydrogen-bond acceptors (Lipinski definition) is 4. The minimum absolute atomic E-state index is 0.00938. The number of aryl methyl sites for hydroxylation is 1. The largest absolute Gasteiger partial charge is 0.508 e. The molecule has 1 unspecified atom stereocenters. The molecule has 1 aromatic rings. The lowest BCUT2D eigenvalue weighted by Crippen LogP contribution is -2.54. The molecular weight excluding hydrogens is 286 g/mol. The Hall–Kier alpha value is -1.66. The number of thiocarbonyl (C=S) groups is 1. The number of piperazine rings is 1. The summed E-state index contributed by atoms with van der Waals surface area (Å²) in [6.45, 7) is 6.67. The molecule has 114 valence electrons. The summed E-state index contributed by atoms with van der Waals surface area (Å²) >= 11 is 5.02. The molecule has 2 rings (SSSR count). The summed E-state index contributed by atoms with van der Waals surface area (Å²) in [6, 6.07) is 4.90. The van der Waals surface area contributed by atoms with Crippen LogP contribution in [0, 0.1) is 6.92 Å². The summed E-state index contributed by atoms with van der Waals surface area (Å²) in [7, 11) is 0. The van der Waals surface area contributed by atoms with Gasteiger partial charge in [0.05, 0.1) is 11.0 Å². The van der Waals surface area contributed by atoms with Crippen molar-refractivity contribution in [3.8, 4) is 5.75 Å². The molecule has 0 spiro atoms. The van der Waals surface area contributed by atoms with Crippen molar-refractivity contribution in [3.63, 3.8) is 0 Å². The Morgan fingerprint density at radius 2 is 1.95 bits per heavy atom. The van der Waals surface area contributed by atoms with Gasteiger partial charge in [-0.3, -0.25) is 9.69 Å². The molecule has 1 saturated heterocycles. The summed E-state index contributed by atoms with van der Waals surface area (Å²) in [4.78, 5) is 17.0. The molecule has 1 aliphatic heterocycles. The lowest BCUT2D eigenvalue weighted by atomic mass is 10.1. The van der Waals surface area contributed by atoms with E-state index in [1.54, 1.807) is 18.2 Å². The number of phenolic OH excluding ortho intramolecular Hbond substituents is 1. The number of carbonyl (C=O) groups excluding carboxylic acids is 1. The van der Waals surface area contributed by atoms with Crippen LogP contribution in [-0.4, -0.2) is 58.0 Å². The van der Waals surface area contributed by atoms with Crippen LogP contribution in [0.15, 0.2) is 18.2 Å². The zero-order valence-corrected chi connectivity index (χ0v) is 13.2. The highest BCUT2D eigenvalue weighted by atomic mass is 32.1. The Balaban J connectivity index is 2.02. The Morgan fingerprint density at radius 3 is 2.48 bits per heavy atom. The number of phenols is 1. The van der Waals surface area contributed by atoms with Gasteiger partial charge in [-0.25, -0.2) is 0 Å². The van der Waals surface area contributed by atoms with Gasteiger partial charge in [-0.1, -0.05) is 12.2 Å². The van der Waals surface area contributed by atoms with Crippen LogP contribution in [0.5, 0.6) is 5.75 Å². The number of nitrogens with two attached hydrogens (primary N) is 1. The molecule has 0 bridgehead atoms. The summed E-state index contributed by atoms with van der Waals surface area (Å²) in [5.74, 6) is 0.189. The molecule has 5 nitrogen and oxygen atoms in total. The van der Waals surface area contributed by atoms with Crippen molar-refractivity contribution in [2.75, 3.05) is 26.2 Å². The van der Waals surface area contributed by atoms with Gasteiger partial charge >= 0.3 is 0 Å². The number of hydrogen-bond donors (Lipinski definition) is 2. The zero-order valence-electron chi connectivity index (χ0n) is 12.4. The molecule has 6 heteroatoms. The van der Waals surface area contributed by atoms with Crippen molar-refractivity contribution in [2.24, 2.45) is 5.73 Å². The first-order chi connectivity index (χ1) is 9.90. The van der Waals surface area contributed by atoms with E-state index in [1.807, 2.05) is 18.7 Å². The molecular formula is C15H21N3O2S. The van der Waals surface area contributed by atoms with Crippen molar-refractivity contribution < 1.29 is 9.90 Å². The zero-order chi connectivity index (χ0) is 15.6. The predicted octanol–water partition coefficient (Wildman–Crippen LogP) is 1.13. The molecule has 0 aliphatic carbocycles. The number of rotatable bonds is 3. The minimum Gasteiger partial charge on any atom is -0.508 e. The maximum absolute atomic E-state index is 12.5. The fourth-order valence-corrected chi connectivity index (χ4v) is 2.70. The molecule has 1 atom stereocenters. The van der Waals surface area contributed by atoms with Gasteiger partial charge < -0.3 is 15.7 Å². The Labute approximate surface area is 130 Å². The highest BCUT2D eigenvalue weighted by molar-refractivity contribution is 7.80. The van der Waals surface area contributed by atoms with Gasteiger partial charge in [0, 0.05) is 31.7 Å². The van der Waals surface area contributed by atoms with E-state index < -0.39 is 0 Å². The van der Waals surface area contributed by atoms with Crippen molar-refractivity contribution in [1.82, 2.24) is 9.80 Å². The molecule has 0 aromatic heterocycles. The molecule has 1 fully saturated rings. The van der Waals surface area contributed by atoms with Gasteiger partial charge in [-0.2, -0.15) is 0 Å². The summed E-state index contributed by atoms with van der Waals surface area (Å²) in [5.41, 5.74) is 7.10. The van der Waals surface area contributed by atoms with Crippen LogP contribution in [0.2, 0.25) is 0 Å². The topological polar surface area (TPSA) is 69.8 Å². The van der Waals surface area contributed by atoms with Gasteiger partial charge in [-0.15, -0.1) is 0 Å². The third kappa shape index (κ3) is 3.51. The van der Waals surface area contributed by atoms with Gasteiger partial charge in [0.25, 0.3) is 5.91 Å². The second-order valence-corrected chi connectivity index (χ2v) is 5.88. The fraction of sp³-hybridized carbons (Fsp3) is 0.467. The van der Waals surface area contributed by atoms with Crippen LogP contribution in [0.3, 0.4) is 0 Å². The number of nitrogens with zero attached hydrogens (tertiary/aromatic N) is 2. The van der Waals surface area contributed by atoms with E-state index in [0.717, 1.165) is 18.7 Å². The maximum atomic E-state index is 12.5. The average Bonchev–Trinajstić information content (AvgIpc) is 2.46. The standard InChI is InChI=1S/C15H21N3O2S/c1-10-9-12(19)3-4-13(10)15(20)18-7-5-17(6-8-18)11(2)14(16)21/h3-4,9,11,19H,5-8H2,1-2H3,(H2,16,21). The van der Waals surface area contributed by atoms with Crippen LogP contribution in [0.25, 0.3) is 0 Å². The smallest absolute Gasteiger partial charge is 0.254 e. The summed E-state index contributed by atoms with van der Waals surface area (Å²) < 4.78 is 0. The van der Waals surface area contributed by atoms with E-state index >= 15 is 0 Å². The van der Waals surface area contributed by atoms with Crippen LogP contribution in [0.1, 0.15) is 22.8 Å². The predicted molar refractivity (Wildman–Crippen MR) is 86.6 cm³/mol. The Kier molecular flexibility index (Phi) is 4.80. The summed E-state index contributed by atoms with van der Waals surface area (Å²) in [6.07, 6.45) is 0. The Bertz CT molecular complexity index is 554. The van der Waals surface area contributed by atoms with E-state index in [4.69, 9.17) is 18.0 Å². The highest BCUT2D eigenvalue weighted by Gasteiger charge is 2.26. The molecule has 21 heavy (non-hydrogen) atoms. The summed E-state index contributed by atoms with van der Waals surface area (Å²) in [5, 5.41) is 9.42. The second-order valence-electron chi connectivity index (χ2n) is 5.41. The first-order valence-electron chi connectivity index (χ1n) is 7.02.